The molecule has 2 heterocycles. The summed E-state index contributed by atoms with van der Waals surface area (Å²) in [5.41, 5.74) is 21.3. The maximum atomic E-state index is 5.93. The van der Waals surface area contributed by atoms with Crippen LogP contribution < -0.4 is 11.5 Å². The number of aryl methyl sites for hydroxylation is 1. The van der Waals surface area contributed by atoms with Gasteiger partial charge >= 0.3 is 0 Å². The number of rotatable bonds is 7. The van der Waals surface area contributed by atoms with Crippen molar-refractivity contribution in [1.29, 1.82) is 0 Å². The highest BCUT2D eigenvalue weighted by molar-refractivity contribution is 6.25. The normalized spacial score (nSPS) is 12.4. The Hall–Kier alpha value is -6.13. The number of pyridine rings is 1. The van der Waals surface area contributed by atoms with E-state index >= 15 is 0 Å². The van der Waals surface area contributed by atoms with Crippen molar-refractivity contribution in [2.24, 2.45) is 11.5 Å². The van der Waals surface area contributed by atoms with Gasteiger partial charge in [0.25, 0.3) is 0 Å². The lowest BCUT2D eigenvalue weighted by atomic mass is 9.89. The van der Waals surface area contributed by atoms with Gasteiger partial charge in [-0.1, -0.05) is 97.1 Å². The van der Waals surface area contributed by atoms with Crippen LogP contribution in [0.3, 0.4) is 0 Å². The summed E-state index contributed by atoms with van der Waals surface area (Å²) in [5, 5.41) is 8.87. The zero-order valence-corrected chi connectivity index (χ0v) is 26.2. The maximum Gasteiger partial charge on any atom is 0.0712 e. The van der Waals surface area contributed by atoms with Crippen molar-refractivity contribution >= 4 is 49.3 Å². The van der Waals surface area contributed by atoms with Crippen LogP contribution in [0.4, 0.5) is 0 Å². The molecule has 0 spiro atoms. The molecule has 6 aromatic carbocycles. The van der Waals surface area contributed by atoms with Crippen LogP contribution in [0.5, 0.6) is 0 Å². The minimum Gasteiger partial charge on any atom is -0.405 e. The van der Waals surface area contributed by atoms with Crippen LogP contribution >= 0.6 is 0 Å². The minimum atomic E-state index is 0.684. The number of allylic oxidation sites excluding steroid dienone is 3. The maximum absolute atomic E-state index is 5.93. The predicted molar refractivity (Wildman–Crippen MR) is 200 cm³/mol. The summed E-state index contributed by atoms with van der Waals surface area (Å²) >= 11 is 0. The molecule has 0 atom stereocenters. The van der Waals surface area contributed by atoms with Crippen LogP contribution in [0.1, 0.15) is 17.0 Å². The lowest BCUT2D eigenvalue weighted by molar-refractivity contribution is 1.09. The second-order valence-corrected chi connectivity index (χ2v) is 12.0. The monoisotopic (exact) mass is 606 g/mol. The van der Waals surface area contributed by atoms with E-state index in [1.54, 1.807) is 12.4 Å². The van der Waals surface area contributed by atoms with Gasteiger partial charge in [-0.25, -0.2) is 0 Å². The van der Waals surface area contributed by atoms with E-state index in [2.05, 4.69) is 133 Å². The van der Waals surface area contributed by atoms with Crippen molar-refractivity contribution in [2.45, 2.75) is 13.3 Å². The Kier molecular flexibility index (Phi) is 7.03. The first-order chi connectivity index (χ1) is 23.1. The number of benzene rings is 6. The lowest BCUT2D eigenvalue weighted by Crippen LogP contribution is -1.99. The number of nitrogens with zero attached hydrogens (tertiary/aromatic N) is 2. The van der Waals surface area contributed by atoms with E-state index in [1.807, 2.05) is 18.2 Å². The molecule has 0 saturated heterocycles. The molecule has 4 N–H and O–H groups in total. The average Bonchev–Trinajstić information content (AvgIpc) is 3.40. The number of hydrogen-bond donors (Lipinski definition) is 2. The molecule has 2 aromatic heterocycles. The molecule has 0 bridgehead atoms. The molecule has 8 rings (SSSR count). The first-order valence-electron chi connectivity index (χ1n) is 15.9. The summed E-state index contributed by atoms with van der Waals surface area (Å²) < 4.78 is 2.28. The predicted octanol–water partition coefficient (Wildman–Crippen LogP) is 10.1. The summed E-state index contributed by atoms with van der Waals surface area (Å²) in [4.78, 5) is 5.20. The molecular weight excluding hydrogens is 573 g/mol. The van der Waals surface area contributed by atoms with Gasteiger partial charge in [-0.2, -0.15) is 0 Å². The molecule has 226 valence electrons. The van der Waals surface area contributed by atoms with E-state index in [4.69, 9.17) is 16.5 Å². The summed E-state index contributed by atoms with van der Waals surface area (Å²) in [5.74, 6) is 0. The summed E-state index contributed by atoms with van der Waals surface area (Å²) in [6, 6.07) is 41.6. The van der Waals surface area contributed by atoms with Gasteiger partial charge in [0.15, 0.2) is 0 Å². The zero-order chi connectivity index (χ0) is 31.9. The van der Waals surface area contributed by atoms with Crippen LogP contribution in [0.15, 0.2) is 146 Å². The van der Waals surface area contributed by atoms with Crippen LogP contribution in [0.2, 0.25) is 0 Å². The summed E-state index contributed by atoms with van der Waals surface area (Å²) in [7, 11) is 0. The van der Waals surface area contributed by atoms with Crippen molar-refractivity contribution in [3.8, 4) is 28.1 Å². The van der Waals surface area contributed by atoms with E-state index in [0.717, 1.165) is 39.4 Å². The summed E-state index contributed by atoms with van der Waals surface area (Å²) in [6.07, 6.45) is 11.7. The Morgan fingerprint density at radius 1 is 0.660 bits per heavy atom. The number of fused-ring (bicyclic) bond motifs is 1. The quantitative estimate of drug-likeness (QED) is 0.140. The van der Waals surface area contributed by atoms with E-state index in [0.29, 0.717) is 6.42 Å². The van der Waals surface area contributed by atoms with E-state index in [-0.39, 0.29) is 0 Å². The van der Waals surface area contributed by atoms with E-state index < -0.39 is 0 Å². The van der Waals surface area contributed by atoms with Crippen molar-refractivity contribution in [3.63, 3.8) is 0 Å². The Balaban J connectivity index is 1.33. The number of nitrogens with two attached hydrogens (primary N) is 2. The SMILES string of the molecule is Cc1c(/C=C\N)n(-c2cccc(-c3cc(-c4ccc5ccc6cccc7ccc4c5c67)cc(C/C=C\C=C/N)n3)c2)c2ccccc12. The van der Waals surface area contributed by atoms with Crippen LogP contribution in [0, 0.1) is 6.92 Å². The van der Waals surface area contributed by atoms with Gasteiger partial charge in [-0.05, 0) is 111 Å². The van der Waals surface area contributed by atoms with Crippen molar-refractivity contribution < 1.29 is 0 Å². The molecule has 0 aliphatic rings. The molecule has 0 unspecified atom stereocenters. The number of aromatic nitrogens is 2. The molecular formula is C43H34N4. The summed E-state index contributed by atoms with van der Waals surface area (Å²) in [6.45, 7) is 2.15. The molecule has 0 aliphatic heterocycles. The molecule has 0 radical (unpaired) electrons. The van der Waals surface area contributed by atoms with Gasteiger partial charge in [0.2, 0.25) is 0 Å². The highest BCUT2D eigenvalue weighted by Gasteiger charge is 2.16. The fourth-order valence-corrected chi connectivity index (χ4v) is 7.11. The smallest absolute Gasteiger partial charge is 0.0712 e. The fraction of sp³-hybridized carbons (Fsp3) is 0.0465. The van der Waals surface area contributed by atoms with Crippen LogP contribution in [0.25, 0.3) is 77.4 Å². The largest absolute Gasteiger partial charge is 0.405 e. The molecule has 4 nitrogen and oxygen atoms in total. The van der Waals surface area contributed by atoms with Gasteiger partial charge in [0.05, 0.1) is 16.9 Å². The number of para-hydroxylation sites is 1. The lowest BCUT2D eigenvalue weighted by Gasteiger charge is -2.16. The molecule has 8 aromatic rings. The Morgan fingerprint density at radius 2 is 1.43 bits per heavy atom. The molecule has 4 heteroatoms. The van der Waals surface area contributed by atoms with Gasteiger partial charge in [-0.3, -0.25) is 4.98 Å². The van der Waals surface area contributed by atoms with Gasteiger partial charge in [0, 0.05) is 28.8 Å². The van der Waals surface area contributed by atoms with Crippen LogP contribution in [-0.4, -0.2) is 9.55 Å². The first-order valence-corrected chi connectivity index (χ1v) is 15.9. The van der Waals surface area contributed by atoms with Gasteiger partial charge in [0.1, 0.15) is 0 Å². The highest BCUT2D eigenvalue weighted by atomic mass is 15.0. The first kappa shape index (κ1) is 28.4. The topological polar surface area (TPSA) is 69.9 Å². The Bertz CT molecular complexity index is 2510. The fourth-order valence-electron chi connectivity index (χ4n) is 7.11. The molecule has 0 saturated carbocycles. The van der Waals surface area contributed by atoms with Crippen molar-refractivity contribution in [3.05, 3.63) is 163 Å². The van der Waals surface area contributed by atoms with Crippen molar-refractivity contribution in [1.82, 2.24) is 9.55 Å². The van der Waals surface area contributed by atoms with E-state index in [1.165, 1.54) is 48.8 Å². The third kappa shape index (κ3) is 4.82. The standard InChI is InChI=1S/C43H34N4/c1-28-36-14-4-5-15-41(36)47(40(28)22-24-45)35-13-8-11-32(26-35)39-27-33(25-34(46-39)12-3-2-6-23-44)37-20-18-31-17-16-29-9-7-10-30-19-21-38(37)43(31)42(29)30/h2-11,13-27H,12,44-45H2,1H3/b3-2-,23-6-,24-22-. The molecule has 0 aliphatic carbocycles. The Morgan fingerprint density at radius 3 is 2.26 bits per heavy atom. The zero-order valence-electron chi connectivity index (χ0n) is 26.2. The van der Waals surface area contributed by atoms with E-state index in [9.17, 15) is 0 Å². The molecule has 47 heavy (non-hydrogen) atoms. The third-order valence-corrected chi connectivity index (χ3v) is 9.23. The second-order valence-electron chi connectivity index (χ2n) is 12.0. The van der Waals surface area contributed by atoms with Gasteiger partial charge in [-0.15, -0.1) is 0 Å². The van der Waals surface area contributed by atoms with Gasteiger partial charge < -0.3 is 16.0 Å². The molecule has 0 fully saturated rings. The third-order valence-electron chi connectivity index (χ3n) is 9.23. The average molecular weight is 607 g/mol. The van der Waals surface area contributed by atoms with Crippen LogP contribution in [-0.2, 0) is 6.42 Å². The highest BCUT2D eigenvalue weighted by Crippen LogP contribution is 2.40. The molecule has 0 amide bonds. The Labute approximate surface area is 273 Å². The second kappa shape index (κ2) is 11.7. The van der Waals surface area contributed by atoms with Crippen molar-refractivity contribution in [2.75, 3.05) is 0 Å². The number of hydrogen-bond acceptors (Lipinski definition) is 3. The minimum absolute atomic E-state index is 0.684.